The quantitative estimate of drug-likeness (QED) is 0.834. The minimum Gasteiger partial charge on any atom is -0.284 e. The molecule has 1 aliphatic heterocycles. The van der Waals surface area contributed by atoms with Gasteiger partial charge in [-0.15, -0.1) is 0 Å². The smallest absolute Gasteiger partial charge is 0.246 e. The Balaban J connectivity index is 1.85. The Kier molecular flexibility index (Phi) is 2.29. The van der Waals surface area contributed by atoms with Gasteiger partial charge in [0.15, 0.2) is 0 Å². The van der Waals surface area contributed by atoms with Gasteiger partial charge in [0, 0.05) is 19.3 Å². The Morgan fingerprint density at radius 3 is 2.56 bits per heavy atom. The van der Waals surface area contributed by atoms with Crippen molar-refractivity contribution in [1.82, 2.24) is 14.5 Å². The minimum atomic E-state index is -3.30. The van der Waals surface area contributed by atoms with Gasteiger partial charge in [-0.05, 0) is 24.7 Å². The van der Waals surface area contributed by atoms with Crippen molar-refractivity contribution in [3.05, 3.63) is 12.4 Å². The fourth-order valence-corrected chi connectivity index (χ4v) is 4.38. The molecule has 1 aromatic rings. The molecular formula is C10H15N3O2S. The van der Waals surface area contributed by atoms with Crippen LogP contribution < -0.4 is 0 Å². The topological polar surface area (TPSA) is 66.1 Å². The van der Waals surface area contributed by atoms with Crippen molar-refractivity contribution in [3.8, 4) is 0 Å². The summed E-state index contributed by atoms with van der Waals surface area (Å²) in [6.07, 6.45) is 6.45. The monoisotopic (exact) mass is 241 g/mol. The molecule has 1 aliphatic carbocycles. The predicted molar refractivity (Wildman–Crippen MR) is 58.2 cm³/mol. The van der Waals surface area contributed by atoms with E-state index in [0.29, 0.717) is 24.9 Å². The SMILES string of the molecule is O=S(=O)(c1cn[nH]c1)N1CC2CCCC2C1. The van der Waals surface area contributed by atoms with Gasteiger partial charge < -0.3 is 0 Å². The van der Waals surface area contributed by atoms with Gasteiger partial charge >= 0.3 is 0 Å². The van der Waals surface area contributed by atoms with E-state index in [4.69, 9.17) is 0 Å². The molecular weight excluding hydrogens is 226 g/mol. The normalized spacial score (nSPS) is 30.8. The molecule has 2 unspecified atom stereocenters. The molecule has 2 fully saturated rings. The maximum absolute atomic E-state index is 12.2. The molecule has 0 spiro atoms. The summed E-state index contributed by atoms with van der Waals surface area (Å²) < 4.78 is 26.0. The maximum atomic E-state index is 12.2. The van der Waals surface area contributed by atoms with Gasteiger partial charge in [-0.2, -0.15) is 9.40 Å². The van der Waals surface area contributed by atoms with Crippen molar-refractivity contribution < 1.29 is 8.42 Å². The van der Waals surface area contributed by atoms with E-state index in [1.165, 1.54) is 31.7 Å². The number of H-pyrrole nitrogens is 1. The molecule has 88 valence electrons. The first-order valence-corrected chi connectivity index (χ1v) is 7.11. The van der Waals surface area contributed by atoms with E-state index in [1.54, 1.807) is 4.31 Å². The Morgan fingerprint density at radius 1 is 1.31 bits per heavy atom. The Labute approximate surface area is 94.9 Å². The van der Waals surface area contributed by atoms with Crippen LogP contribution >= 0.6 is 0 Å². The number of hydrogen-bond donors (Lipinski definition) is 1. The molecule has 0 aromatic carbocycles. The van der Waals surface area contributed by atoms with Gasteiger partial charge in [0.2, 0.25) is 10.0 Å². The molecule has 1 aromatic heterocycles. The van der Waals surface area contributed by atoms with Crippen LogP contribution in [-0.2, 0) is 10.0 Å². The molecule has 16 heavy (non-hydrogen) atoms. The predicted octanol–water partition coefficient (Wildman–Crippen LogP) is 0.830. The van der Waals surface area contributed by atoms with Crippen LogP contribution in [0.4, 0.5) is 0 Å². The summed E-state index contributed by atoms with van der Waals surface area (Å²) in [5.74, 6) is 1.17. The lowest BCUT2D eigenvalue weighted by Crippen LogP contribution is -2.29. The highest BCUT2D eigenvalue weighted by molar-refractivity contribution is 7.89. The molecule has 2 heterocycles. The molecule has 1 saturated carbocycles. The third-order valence-corrected chi connectivity index (χ3v) is 5.60. The van der Waals surface area contributed by atoms with Crippen LogP contribution in [0.3, 0.4) is 0 Å². The Hall–Kier alpha value is -0.880. The zero-order chi connectivity index (χ0) is 11.2. The van der Waals surface area contributed by atoms with Crippen molar-refractivity contribution in [2.24, 2.45) is 11.8 Å². The summed E-state index contributed by atoms with van der Waals surface area (Å²) in [7, 11) is -3.30. The fraction of sp³-hybridized carbons (Fsp3) is 0.700. The van der Waals surface area contributed by atoms with Crippen molar-refractivity contribution in [3.63, 3.8) is 0 Å². The number of nitrogens with one attached hydrogen (secondary N) is 1. The zero-order valence-corrected chi connectivity index (χ0v) is 9.78. The van der Waals surface area contributed by atoms with E-state index in [2.05, 4.69) is 10.2 Å². The third kappa shape index (κ3) is 1.48. The van der Waals surface area contributed by atoms with E-state index in [-0.39, 0.29) is 4.90 Å². The van der Waals surface area contributed by atoms with Crippen molar-refractivity contribution in [1.29, 1.82) is 0 Å². The molecule has 5 nitrogen and oxygen atoms in total. The molecule has 2 atom stereocenters. The highest BCUT2D eigenvalue weighted by atomic mass is 32.2. The van der Waals surface area contributed by atoms with Gasteiger partial charge in [-0.25, -0.2) is 8.42 Å². The number of aromatic amines is 1. The first-order valence-electron chi connectivity index (χ1n) is 5.67. The molecule has 0 radical (unpaired) electrons. The van der Waals surface area contributed by atoms with Crippen LogP contribution in [0, 0.1) is 11.8 Å². The second kappa shape index (κ2) is 3.56. The van der Waals surface area contributed by atoms with Crippen LogP contribution in [0.2, 0.25) is 0 Å². The van der Waals surface area contributed by atoms with Gasteiger partial charge in [-0.3, -0.25) is 5.10 Å². The van der Waals surface area contributed by atoms with Crippen LogP contribution in [0.1, 0.15) is 19.3 Å². The number of rotatable bonds is 2. The molecule has 0 bridgehead atoms. The third-order valence-electron chi connectivity index (χ3n) is 3.80. The van der Waals surface area contributed by atoms with E-state index in [9.17, 15) is 8.42 Å². The standard InChI is InChI=1S/C10H15N3O2S/c14-16(15,10-4-11-12-5-10)13-6-8-2-1-3-9(8)7-13/h4-5,8-9H,1-3,6-7H2,(H,11,12). The van der Waals surface area contributed by atoms with Gasteiger partial charge in [0.05, 0.1) is 6.20 Å². The highest BCUT2D eigenvalue weighted by Gasteiger charge is 2.41. The number of sulfonamides is 1. The largest absolute Gasteiger partial charge is 0.284 e. The summed E-state index contributed by atoms with van der Waals surface area (Å²) in [6, 6.07) is 0. The van der Waals surface area contributed by atoms with E-state index in [0.717, 1.165) is 0 Å². The summed E-state index contributed by atoms with van der Waals surface area (Å²) in [4.78, 5) is 0.285. The number of aromatic nitrogens is 2. The van der Waals surface area contributed by atoms with E-state index in [1.807, 2.05) is 0 Å². The molecule has 2 aliphatic rings. The number of fused-ring (bicyclic) bond motifs is 1. The Morgan fingerprint density at radius 2 is 2.00 bits per heavy atom. The highest BCUT2D eigenvalue weighted by Crippen LogP contribution is 2.39. The first-order chi connectivity index (χ1) is 7.68. The van der Waals surface area contributed by atoms with E-state index < -0.39 is 10.0 Å². The lowest BCUT2D eigenvalue weighted by Gasteiger charge is -2.15. The summed E-state index contributed by atoms with van der Waals surface area (Å²) >= 11 is 0. The second-order valence-corrected chi connectivity index (χ2v) is 6.65. The average Bonchev–Trinajstić information content (AvgIpc) is 2.94. The summed E-state index contributed by atoms with van der Waals surface area (Å²) in [5.41, 5.74) is 0. The summed E-state index contributed by atoms with van der Waals surface area (Å²) in [5, 5.41) is 6.26. The van der Waals surface area contributed by atoms with E-state index >= 15 is 0 Å². The first kappa shape index (κ1) is 10.3. The molecule has 0 amide bonds. The fourth-order valence-electron chi connectivity index (χ4n) is 2.92. The Bertz CT molecular complexity index is 456. The molecule has 1 saturated heterocycles. The van der Waals surface area contributed by atoms with Crippen LogP contribution in [0.15, 0.2) is 17.3 Å². The van der Waals surface area contributed by atoms with Gasteiger partial charge in [0.25, 0.3) is 0 Å². The number of nitrogens with zero attached hydrogens (tertiary/aromatic N) is 2. The zero-order valence-electron chi connectivity index (χ0n) is 8.96. The molecule has 1 N–H and O–H groups in total. The van der Waals surface area contributed by atoms with Crippen LogP contribution in [0.5, 0.6) is 0 Å². The maximum Gasteiger partial charge on any atom is 0.246 e. The van der Waals surface area contributed by atoms with Crippen LogP contribution in [0.25, 0.3) is 0 Å². The summed E-state index contributed by atoms with van der Waals surface area (Å²) in [6.45, 7) is 1.39. The van der Waals surface area contributed by atoms with Gasteiger partial charge in [0.1, 0.15) is 4.90 Å². The average molecular weight is 241 g/mol. The molecule has 6 heteroatoms. The van der Waals surface area contributed by atoms with Crippen molar-refractivity contribution in [2.75, 3.05) is 13.1 Å². The lowest BCUT2D eigenvalue weighted by molar-refractivity contribution is 0.445. The second-order valence-electron chi connectivity index (χ2n) is 4.71. The van der Waals surface area contributed by atoms with Crippen LogP contribution in [-0.4, -0.2) is 36.0 Å². The lowest BCUT2D eigenvalue weighted by atomic mass is 10.0. The molecule has 3 rings (SSSR count). The minimum absolute atomic E-state index is 0.285. The van der Waals surface area contributed by atoms with Gasteiger partial charge in [-0.1, -0.05) is 6.42 Å². The van der Waals surface area contributed by atoms with Crippen molar-refractivity contribution in [2.45, 2.75) is 24.2 Å². The number of hydrogen-bond acceptors (Lipinski definition) is 3. The van der Waals surface area contributed by atoms with Crippen molar-refractivity contribution >= 4 is 10.0 Å².